The van der Waals surface area contributed by atoms with E-state index in [2.05, 4.69) is 273 Å². The van der Waals surface area contributed by atoms with E-state index in [0.717, 1.165) is 87.2 Å². The van der Waals surface area contributed by atoms with E-state index in [1.807, 2.05) is 105 Å². The van der Waals surface area contributed by atoms with Crippen molar-refractivity contribution in [3.8, 4) is 0 Å². The Labute approximate surface area is 636 Å². The molecule has 0 bridgehead atoms. The number of aliphatic imine (C=N–C) groups is 6. The van der Waals surface area contributed by atoms with Crippen molar-refractivity contribution in [2.75, 3.05) is 53.9 Å². The van der Waals surface area contributed by atoms with Crippen molar-refractivity contribution in [2.45, 2.75) is 355 Å². The van der Waals surface area contributed by atoms with Crippen LogP contribution in [0.3, 0.4) is 0 Å². The lowest BCUT2D eigenvalue weighted by Crippen LogP contribution is -2.43. The van der Waals surface area contributed by atoms with Gasteiger partial charge in [-0.15, -0.1) is 0 Å². The lowest BCUT2D eigenvalue weighted by Gasteiger charge is -2.27. The lowest BCUT2D eigenvalue weighted by molar-refractivity contribution is -0.134. The number of amides is 5. The summed E-state index contributed by atoms with van der Waals surface area (Å²) in [4.78, 5) is 89.7. The van der Waals surface area contributed by atoms with Crippen LogP contribution in [0.4, 0.5) is 0 Å². The Kier molecular flexibility index (Phi) is 31.2. The number of hydrogen-bond donors (Lipinski definition) is 4. The third-order valence-corrected chi connectivity index (χ3v) is 19.3. The number of carbonyl (C=O) groups is 5. The Morgan fingerprint density at radius 2 is 0.788 bits per heavy atom. The SMILES string of the molecule is CC(C)(C)C1=NC(C)(C)C(=O)N1.CC(C)(C)C1=NC(C)(C)C(=O)N1.CC1(C)CN=C(C(C)(C)C)N1.CC1(C)CN=C(C(C)(C)C)N1.CC1(C)CN=C(C(C)(C)C)O1.CC1(C)COC(C(C)(C)C)=N1.CC1CC(C(C)(C)C)C(=O)N1C.CN1C(=O)C(C(C)(C)C)CC1(C)C.CN1CCC(C(C)(C)C)C1=O. The molecule has 0 spiro atoms. The Morgan fingerprint density at radius 3 is 0.923 bits per heavy atom. The molecule has 4 N–H and O–H groups in total. The first-order valence-corrected chi connectivity index (χ1v) is 38.4. The van der Waals surface area contributed by atoms with Crippen LogP contribution in [-0.4, -0.2) is 178 Å². The summed E-state index contributed by atoms with van der Waals surface area (Å²) in [6.45, 7) is 92.2. The summed E-state index contributed by atoms with van der Waals surface area (Å²) in [5, 5.41) is 12.4. The van der Waals surface area contributed by atoms with Crippen molar-refractivity contribution >= 4 is 64.7 Å². The van der Waals surface area contributed by atoms with Crippen LogP contribution in [0.1, 0.15) is 310 Å². The van der Waals surface area contributed by atoms with Crippen molar-refractivity contribution in [1.82, 2.24) is 36.0 Å². The molecule has 4 atom stereocenters. The van der Waals surface area contributed by atoms with Crippen LogP contribution in [0.25, 0.3) is 0 Å². The topological polar surface area (TPSA) is 236 Å². The maximum Gasteiger partial charge on any atom is 0.252 e. The van der Waals surface area contributed by atoms with Crippen LogP contribution < -0.4 is 21.3 Å². The summed E-state index contributed by atoms with van der Waals surface area (Å²) in [5.74, 6) is 7.22. The molecule has 5 amide bonds. The summed E-state index contributed by atoms with van der Waals surface area (Å²) in [5.41, 5.74) is -0.177. The zero-order valence-corrected chi connectivity index (χ0v) is 75.3. The zero-order chi connectivity index (χ0) is 82.5. The molecule has 4 unspecified atom stereocenters. The predicted octanol–water partition coefficient (Wildman–Crippen LogP) is 16.5. The third kappa shape index (κ3) is 30.3. The highest BCUT2D eigenvalue weighted by Gasteiger charge is 2.48. The standard InChI is InChI=1S/C11H21NO.C10H19NO.2C9H16N2O.2C9H18N2.3C9H17NO/c1-10(2,3)8-7-11(4,5)12(6)9(8)13;1-7-6-8(10(2,3)4)9(12)11(7)5;2*1-8(2,3)6-10-7(12)9(4,5)11-6;2*1-8(2,3)7-10-6-9(4,5)11-7;1-8(2,3)7-10-9(4,5)6-11-7;1-8(2,3)7-10-6-9(4,5)11-7;1-9(2,3)7-5-6-10(4)8(7)11/h8H,7H2,1-6H3;7-8H,6H2,1-5H3;2*1-5H3,(H,10,11,12);2*6H2,1-5H3,(H,10,11);2*6H2,1-5H3;7H,5-6H2,1-4H3. The van der Waals surface area contributed by atoms with Gasteiger partial charge in [-0.2, -0.15) is 0 Å². The molecule has 20 nitrogen and oxygen atoms in total. The van der Waals surface area contributed by atoms with Gasteiger partial charge in [0.05, 0.1) is 36.3 Å². The molecule has 9 heterocycles. The molecule has 0 radical (unpaired) electrons. The van der Waals surface area contributed by atoms with Crippen LogP contribution in [0.2, 0.25) is 0 Å². The summed E-state index contributed by atoms with van der Waals surface area (Å²) in [6.07, 6.45) is 3.02. The van der Waals surface area contributed by atoms with Gasteiger partial charge in [-0.3, -0.25) is 48.9 Å². The van der Waals surface area contributed by atoms with Gasteiger partial charge in [0, 0.05) is 89.5 Å². The monoisotopic (exact) mass is 1460 g/mol. The molecule has 0 saturated carbocycles. The Morgan fingerprint density at radius 1 is 0.423 bits per heavy atom. The molecular formula is C84H159N13O7. The average Bonchev–Trinajstić information content (AvgIpc) is 1.64. The first-order chi connectivity index (χ1) is 45.6. The lowest BCUT2D eigenvalue weighted by atomic mass is 9.77. The van der Waals surface area contributed by atoms with E-state index in [-0.39, 0.29) is 106 Å². The van der Waals surface area contributed by atoms with Gasteiger partial charge in [-0.05, 0) is 139 Å². The smallest absolute Gasteiger partial charge is 0.252 e. The second-order valence-corrected chi connectivity index (χ2v) is 44.0. The van der Waals surface area contributed by atoms with Crippen molar-refractivity contribution in [1.29, 1.82) is 0 Å². The van der Waals surface area contributed by atoms with Crippen LogP contribution >= 0.6 is 0 Å². The van der Waals surface area contributed by atoms with Crippen molar-refractivity contribution in [3.63, 3.8) is 0 Å². The van der Waals surface area contributed by atoms with E-state index in [0.29, 0.717) is 23.8 Å². The minimum atomic E-state index is -0.581. The first kappa shape index (κ1) is 96.6. The number of nitrogens with zero attached hydrogens (tertiary/aromatic N) is 9. The van der Waals surface area contributed by atoms with Gasteiger partial charge in [0.25, 0.3) is 11.8 Å². The summed E-state index contributed by atoms with van der Waals surface area (Å²) in [6, 6.07) is 0.418. The number of carbonyl (C=O) groups excluding carboxylic acids is 5. The Balaban J connectivity index is 0.000000585. The largest absolute Gasteiger partial charge is 0.478 e. The Bertz CT molecular complexity index is 2990. The average molecular weight is 1460 g/mol. The zero-order valence-electron chi connectivity index (χ0n) is 75.3. The number of nitrogens with one attached hydrogen (secondary N) is 4. The van der Waals surface area contributed by atoms with Crippen LogP contribution in [-0.2, 0) is 33.4 Å². The predicted molar refractivity (Wildman–Crippen MR) is 439 cm³/mol. The summed E-state index contributed by atoms with van der Waals surface area (Å²) in [7, 11) is 5.70. The Hall–Kier alpha value is -5.43. The molecular weight excluding hydrogens is 1300 g/mol. The van der Waals surface area contributed by atoms with E-state index in [9.17, 15) is 24.0 Å². The van der Waals surface area contributed by atoms with Crippen LogP contribution in [0.5, 0.6) is 0 Å². The van der Waals surface area contributed by atoms with Gasteiger partial charge >= 0.3 is 0 Å². The fraction of sp³-hybridized carbons (Fsp3) is 0.869. The maximum atomic E-state index is 11.9. The van der Waals surface area contributed by atoms with Crippen molar-refractivity contribution in [2.24, 2.45) is 96.4 Å². The van der Waals surface area contributed by atoms with Gasteiger partial charge in [0.1, 0.15) is 46.6 Å². The second kappa shape index (κ2) is 33.6. The van der Waals surface area contributed by atoms with E-state index in [1.54, 1.807) is 0 Å². The maximum absolute atomic E-state index is 11.9. The van der Waals surface area contributed by atoms with E-state index in [1.165, 1.54) is 0 Å². The highest BCUT2D eigenvalue weighted by molar-refractivity contribution is 6.10. The van der Waals surface area contributed by atoms with Gasteiger partial charge in [-0.1, -0.05) is 187 Å². The van der Waals surface area contributed by atoms with Crippen LogP contribution in [0, 0.1) is 66.5 Å². The quantitative estimate of drug-likeness (QED) is 0.180. The fourth-order valence-electron chi connectivity index (χ4n) is 11.4. The van der Waals surface area contributed by atoms with E-state index in [4.69, 9.17) is 9.47 Å². The third-order valence-electron chi connectivity index (χ3n) is 19.3. The molecule has 0 aliphatic carbocycles. The van der Waals surface area contributed by atoms with Gasteiger partial charge in [-0.25, -0.2) is 4.99 Å². The molecule has 3 saturated heterocycles. The highest BCUT2D eigenvalue weighted by Crippen LogP contribution is 2.42. The molecule has 9 aliphatic rings. The van der Waals surface area contributed by atoms with Crippen LogP contribution in [0.15, 0.2) is 30.0 Å². The van der Waals surface area contributed by atoms with Gasteiger partial charge < -0.3 is 45.4 Å². The number of amidine groups is 4. The fourth-order valence-corrected chi connectivity index (χ4v) is 11.4. The number of ether oxygens (including phenoxy) is 2. The van der Waals surface area contributed by atoms with E-state index >= 15 is 0 Å². The highest BCUT2D eigenvalue weighted by atomic mass is 16.5. The van der Waals surface area contributed by atoms with Crippen molar-refractivity contribution in [3.05, 3.63) is 0 Å². The molecule has 104 heavy (non-hydrogen) atoms. The van der Waals surface area contributed by atoms with Crippen molar-refractivity contribution < 1.29 is 33.4 Å². The normalized spacial score (nSPS) is 24.7. The molecule has 9 aliphatic heterocycles. The molecule has 0 aromatic heterocycles. The minimum absolute atomic E-state index is 0.00701. The van der Waals surface area contributed by atoms with Gasteiger partial charge in [0.15, 0.2) is 11.8 Å². The molecule has 9 rings (SSSR count). The van der Waals surface area contributed by atoms with Gasteiger partial charge in [0.2, 0.25) is 17.7 Å². The summed E-state index contributed by atoms with van der Waals surface area (Å²) < 4.78 is 11.1. The van der Waals surface area contributed by atoms with E-state index < -0.39 is 11.1 Å². The number of hydrogen-bond acceptors (Lipinski definition) is 15. The second-order valence-electron chi connectivity index (χ2n) is 44.0. The molecule has 0 aromatic rings. The molecule has 602 valence electrons. The first-order valence-electron chi connectivity index (χ1n) is 38.4. The number of likely N-dealkylation sites (tertiary alicyclic amines) is 3. The molecule has 0 aromatic carbocycles. The molecule has 20 heteroatoms. The number of rotatable bonds is 0. The minimum Gasteiger partial charge on any atom is -0.478 e. The molecule has 3 fully saturated rings. The summed E-state index contributed by atoms with van der Waals surface area (Å²) >= 11 is 0.